The Morgan fingerprint density at radius 3 is 2.53 bits per heavy atom. The van der Waals surface area contributed by atoms with E-state index in [1.165, 1.54) is 30.7 Å². The number of hydroxylamine groups is 1. The minimum Gasteiger partial charge on any atom is -0.507 e. The number of aliphatic hydroxyl groups excluding tert-OH is 1. The minimum atomic E-state index is -1.11. The van der Waals surface area contributed by atoms with Gasteiger partial charge in [-0.1, -0.05) is 25.8 Å². The van der Waals surface area contributed by atoms with Crippen molar-refractivity contribution in [3.8, 4) is 0 Å². The molecule has 9 nitrogen and oxygen atoms in total. The molecule has 0 spiro atoms. The van der Waals surface area contributed by atoms with E-state index >= 15 is 0 Å². The predicted molar refractivity (Wildman–Crippen MR) is 106 cm³/mol. The van der Waals surface area contributed by atoms with E-state index < -0.39 is 29.7 Å². The Labute approximate surface area is 173 Å². The van der Waals surface area contributed by atoms with Crippen molar-refractivity contribution in [3.63, 3.8) is 0 Å². The summed E-state index contributed by atoms with van der Waals surface area (Å²) in [6.07, 6.45) is 5.95. The molecule has 9 heteroatoms. The Morgan fingerprint density at radius 2 is 1.93 bits per heavy atom. The first kappa shape index (κ1) is 21.1. The van der Waals surface area contributed by atoms with Crippen molar-refractivity contribution < 1.29 is 24.7 Å². The summed E-state index contributed by atoms with van der Waals surface area (Å²) >= 11 is 0. The molecule has 0 saturated carbocycles. The third-order valence-corrected chi connectivity index (χ3v) is 4.98. The molecule has 2 amide bonds. The topological polar surface area (TPSA) is 133 Å². The van der Waals surface area contributed by atoms with Gasteiger partial charge in [-0.05, 0) is 30.7 Å². The average Bonchev–Trinajstić information content (AvgIpc) is 3.05. The van der Waals surface area contributed by atoms with Crippen LogP contribution in [0.5, 0.6) is 0 Å². The van der Waals surface area contributed by atoms with Crippen LogP contribution in [0.2, 0.25) is 0 Å². The fourth-order valence-corrected chi connectivity index (χ4v) is 3.53. The van der Waals surface area contributed by atoms with Crippen molar-refractivity contribution in [2.45, 2.75) is 38.3 Å². The first-order valence-electron chi connectivity index (χ1n) is 9.56. The molecule has 2 aromatic heterocycles. The van der Waals surface area contributed by atoms with Crippen molar-refractivity contribution in [1.82, 2.24) is 20.3 Å². The highest BCUT2D eigenvalue weighted by Gasteiger charge is 2.50. The Bertz CT molecular complexity index is 962. The van der Waals surface area contributed by atoms with Crippen LogP contribution in [0.1, 0.15) is 43.5 Å². The lowest BCUT2D eigenvalue weighted by molar-refractivity contribution is -0.147. The van der Waals surface area contributed by atoms with Crippen LogP contribution in [0.25, 0.3) is 5.76 Å². The Balaban J connectivity index is 2.20. The average molecular weight is 410 g/mol. The summed E-state index contributed by atoms with van der Waals surface area (Å²) in [4.78, 5) is 47.6. The molecule has 0 aliphatic carbocycles. The number of nitrogens with zero attached hydrogens (tertiary/aromatic N) is 3. The standard InChI is InChI=1S/C21H22N4O5/c1-2-3-7-15(20(28)24-30)25-17(14-6-4-5-10-23-14)16(19(27)21(25)29)18(26)13-8-11-22-12-9-13/h4-6,8-12,15,17,26,30H,2-3,7H2,1H3,(H,24,28). The maximum atomic E-state index is 13.0. The summed E-state index contributed by atoms with van der Waals surface area (Å²) in [6.45, 7) is 1.92. The number of rotatable bonds is 7. The summed E-state index contributed by atoms with van der Waals surface area (Å²) in [5, 5.41) is 20.1. The van der Waals surface area contributed by atoms with E-state index in [4.69, 9.17) is 0 Å². The number of likely N-dealkylation sites (tertiary alicyclic amines) is 1. The van der Waals surface area contributed by atoms with Crippen LogP contribution in [0, 0.1) is 0 Å². The minimum absolute atomic E-state index is 0.169. The number of nitrogens with one attached hydrogen (secondary N) is 1. The second kappa shape index (κ2) is 9.27. The quantitative estimate of drug-likeness (QED) is 0.209. The Morgan fingerprint density at radius 1 is 1.20 bits per heavy atom. The molecule has 2 aromatic rings. The van der Waals surface area contributed by atoms with Gasteiger partial charge in [0.15, 0.2) is 0 Å². The number of carbonyl (C=O) groups excluding carboxylic acids is 3. The Kier molecular flexibility index (Phi) is 6.53. The van der Waals surface area contributed by atoms with Gasteiger partial charge in [0.2, 0.25) is 0 Å². The van der Waals surface area contributed by atoms with Crippen molar-refractivity contribution in [1.29, 1.82) is 0 Å². The number of aromatic nitrogens is 2. The maximum absolute atomic E-state index is 13.0. The molecule has 3 heterocycles. The lowest BCUT2D eigenvalue weighted by atomic mass is 9.97. The first-order chi connectivity index (χ1) is 14.5. The van der Waals surface area contributed by atoms with Gasteiger partial charge in [0.05, 0.1) is 11.3 Å². The van der Waals surface area contributed by atoms with Crippen LogP contribution in [-0.2, 0) is 14.4 Å². The van der Waals surface area contributed by atoms with Crippen molar-refractivity contribution in [3.05, 3.63) is 65.8 Å². The molecule has 0 aromatic carbocycles. The molecule has 156 valence electrons. The summed E-state index contributed by atoms with van der Waals surface area (Å²) in [5.41, 5.74) is 2.04. The summed E-state index contributed by atoms with van der Waals surface area (Å²) < 4.78 is 0. The Hall–Kier alpha value is -3.59. The molecule has 2 atom stereocenters. The molecular formula is C21H22N4O5. The number of hydrogen-bond acceptors (Lipinski definition) is 7. The molecule has 1 saturated heterocycles. The molecule has 1 aliphatic rings. The highest BCUT2D eigenvalue weighted by molar-refractivity contribution is 6.47. The molecule has 2 unspecified atom stereocenters. The molecule has 1 aliphatic heterocycles. The van der Waals surface area contributed by atoms with E-state index in [1.54, 1.807) is 23.7 Å². The van der Waals surface area contributed by atoms with Gasteiger partial charge in [-0.15, -0.1) is 0 Å². The monoisotopic (exact) mass is 410 g/mol. The SMILES string of the molecule is CCCCC(C(=O)NO)N1C(=O)C(=O)C(=C(O)c2ccncc2)C1c1ccccn1. The van der Waals surface area contributed by atoms with Gasteiger partial charge in [0.25, 0.3) is 17.6 Å². The van der Waals surface area contributed by atoms with E-state index in [0.29, 0.717) is 17.7 Å². The van der Waals surface area contributed by atoms with Gasteiger partial charge in [0, 0.05) is 24.2 Å². The molecule has 1 fully saturated rings. The zero-order chi connectivity index (χ0) is 21.7. The number of carbonyl (C=O) groups is 3. The number of amides is 2. The second-order valence-electron chi connectivity index (χ2n) is 6.83. The lowest BCUT2D eigenvalue weighted by Crippen LogP contribution is -2.48. The zero-order valence-electron chi connectivity index (χ0n) is 16.4. The summed E-state index contributed by atoms with van der Waals surface area (Å²) in [6, 6.07) is 5.78. The summed E-state index contributed by atoms with van der Waals surface area (Å²) in [7, 11) is 0. The number of hydrogen-bond donors (Lipinski definition) is 3. The van der Waals surface area contributed by atoms with Gasteiger partial charge in [-0.2, -0.15) is 0 Å². The lowest BCUT2D eigenvalue weighted by Gasteiger charge is -2.31. The highest BCUT2D eigenvalue weighted by Crippen LogP contribution is 2.40. The number of aliphatic hydroxyl groups is 1. The van der Waals surface area contributed by atoms with Gasteiger partial charge >= 0.3 is 0 Å². The van der Waals surface area contributed by atoms with Crippen molar-refractivity contribution in [2.75, 3.05) is 0 Å². The molecule has 3 N–H and O–H groups in total. The van der Waals surface area contributed by atoms with Gasteiger partial charge in [0.1, 0.15) is 17.8 Å². The third kappa shape index (κ3) is 3.92. The van der Waals surface area contributed by atoms with Crippen LogP contribution >= 0.6 is 0 Å². The van der Waals surface area contributed by atoms with E-state index in [0.717, 1.165) is 11.3 Å². The van der Waals surface area contributed by atoms with Crippen LogP contribution in [0.15, 0.2) is 54.5 Å². The fourth-order valence-electron chi connectivity index (χ4n) is 3.53. The number of pyridine rings is 2. The van der Waals surface area contributed by atoms with Crippen LogP contribution < -0.4 is 5.48 Å². The number of ketones is 1. The molecule has 30 heavy (non-hydrogen) atoms. The zero-order valence-corrected chi connectivity index (χ0v) is 16.4. The van der Waals surface area contributed by atoms with Gasteiger partial charge in [-0.25, -0.2) is 5.48 Å². The largest absolute Gasteiger partial charge is 0.507 e. The summed E-state index contributed by atoms with van der Waals surface area (Å²) in [5.74, 6) is -3.05. The highest BCUT2D eigenvalue weighted by atomic mass is 16.5. The van der Waals surface area contributed by atoms with E-state index in [1.807, 2.05) is 6.92 Å². The van der Waals surface area contributed by atoms with E-state index in [-0.39, 0.29) is 17.8 Å². The van der Waals surface area contributed by atoms with Gasteiger partial charge < -0.3 is 10.0 Å². The van der Waals surface area contributed by atoms with E-state index in [2.05, 4.69) is 9.97 Å². The molecule has 0 bridgehead atoms. The van der Waals surface area contributed by atoms with Crippen LogP contribution in [-0.4, -0.2) is 48.8 Å². The number of unbranched alkanes of at least 4 members (excludes halogenated alkanes) is 1. The molecule has 3 rings (SSSR count). The van der Waals surface area contributed by atoms with Crippen LogP contribution in [0.3, 0.4) is 0 Å². The smallest absolute Gasteiger partial charge is 0.296 e. The van der Waals surface area contributed by atoms with Crippen LogP contribution in [0.4, 0.5) is 0 Å². The first-order valence-corrected chi connectivity index (χ1v) is 9.56. The molecular weight excluding hydrogens is 388 g/mol. The van der Waals surface area contributed by atoms with E-state index in [9.17, 15) is 24.7 Å². The molecule has 0 radical (unpaired) electrons. The second-order valence-corrected chi connectivity index (χ2v) is 6.83. The van der Waals surface area contributed by atoms with Crippen molar-refractivity contribution >= 4 is 23.4 Å². The normalized spacial score (nSPS) is 19.0. The number of Topliss-reactive ketones (excluding diaryl/α,β-unsaturated/α-hetero) is 1. The van der Waals surface area contributed by atoms with Crippen molar-refractivity contribution in [2.24, 2.45) is 0 Å². The maximum Gasteiger partial charge on any atom is 0.296 e. The third-order valence-electron chi connectivity index (χ3n) is 4.98. The predicted octanol–water partition coefficient (Wildman–Crippen LogP) is 1.96. The van der Waals surface area contributed by atoms with Gasteiger partial charge in [-0.3, -0.25) is 29.6 Å². The fraction of sp³-hybridized carbons (Fsp3) is 0.286.